The molecule has 1 rings (SSSR count). The van der Waals surface area contributed by atoms with Crippen LogP contribution in [0.15, 0.2) is 12.3 Å². The molecule has 0 saturated heterocycles. The molecular weight excluding hydrogens is 226 g/mol. The number of hydrogen-bond donors (Lipinski definition) is 1. The third-order valence-electron chi connectivity index (χ3n) is 3.19. The molecule has 0 aromatic carbocycles. The fourth-order valence-corrected chi connectivity index (χ4v) is 1.86. The highest BCUT2D eigenvalue weighted by atomic mass is 16.5. The number of nitrogens with one attached hydrogen (secondary N) is 1. The van der Waals surface area contributed by atoms with Crippen LogP contribution in [0, 0.1) is 6.92 Å². The van der Waals surface area contributed by atoms with Crippen molar-refractivity contribution < 1.29 is 4.74 Å². The van der Waals surface area contributed by atoms with Crippen molar-refractivity contribution in [3.63, 3.8) is 0 Å². The van der Waals surface area contributed by atoms with E-state index in [1.165, 1.54) is 0 Å². The zero-order valence-electron chi connectivity index (χ0n) is 12.2. The summed E-state index contributed by atoms with van der Waals surface area (Å²) in [5, 5.41) is 3.48. The quantitative estimate of drug-likeness (QED) is 0.809. The molecule has 0 fully saturated rings. The maximum atomic E-state index is 5.47. The van der Waals surface area contributed by atoms with E-state index in [1.807, 2.05) is 19.2 Å². The van der Waals surface area contributed by atoms with E-state index in [9.17, 15) is 0 Å². The lowest BCUT2D eigenvalue weighted by atomic mass is 9.97. The van der Waals surface area contributed by atoms with E-state index in [-0.39, 0.29) is 11.6 Å². The molecule has 0 saturated carbocycles. The summed E-state index contributed by atoms with van der Waals surface area (Å²) < 4.78 is 5.47. The van der Waals surface area contributed by atoms with Gasteiger partial charge >= 0.3 is 0 Å². The van der Waals surface area contributed by atoms with Gasteiger partial charge in [0.1, 0.15) is 5.82 Å². The van der Waals surface area contributed by atoms with E-state index in [2.05, 4.69) is 36.1 Å². The molecule has 1 aromatic heterocycles. The van der Waals surface area contributed by atoms with E-state index in [0.29, 0.717) is 0 Å². The fourth-order valence-electron chi connectivity index (χ4n) is 1.86. The molecular formula is C14H25N3O. The fraction of sp³-hybridized carbons (Fsp3) is 0.714. The summed E-state index contributed by atoms with van der Waals surface area (Å²) in [7, 11) is 1.76. The first-order valence-electron chi connectivity index (χ1n) is 6.56. The molecule has 0 bridgehead atoms. The summed E-state index contributed by atoms with van der Waals surface area (Å²) in [4.78, 5) is 8.65. The first-order valence-corrected chi connectivity index (χ1v) is 6.56. The van der Waals surface area contributed by atoms with E-state index in [4.69, 9.17) is 4.74 Å². The lowest BCUT2D eigenvalue weighted by molar-refractivity contribution is 0.0116. The summed E-state index contributed by atoms with van der Waals surface area (Å²) in [6.07, 6.45) is 3.82. The number of hydrogen-bond acceptors (Lipinski definition) is 4. The minimum absolute atomic E-state index is 0.0876. The molecule has 102 valence electrons. The molecule has 1 aromatic rings. The van der Waals surface area contributed by atoms with Crippen LogP contribution in [0.25, 0.3) is 0 Å². The predicted molar refractivity (Wildman–Crippen MR) is 73.5 cm³/mol. The Kier molecular flexibility index (Phi) is 5.69. The van der Waals surface area contributed by atoms with Crippen LogP contribution in [0.3, 0.4) is 0 Å². The minimum Gasteiger partial charge on any atom is -0.379 e. The van der Waals surface area contributed by atoms with Crippen LogP contribution in [0.4, 0.5) is 0 Å². The molecule has 0 radical (unpaired) electrons. The smallest absolute Gasteiger partial charge is 0.125 e. The Balaban J connectivity index is 2.71. The molecule has 0 aliphatic heterocycles. The standard InChI is InChI=1S/C14H25N3O/c1-6-15-12(7-9-14(3,4)18-5)13-8-10-16-11(2)17-13/h8,10,12,15H,6-7,9H2,1-5H3. The molecule has 0 amide bonds. The van der Waals surface area contributed by atoms with Gasteiger partial charge in [-0.3, -0.25) is 0 Å². The van der Waals surface area contributed by atoms with Crippen molar-refractivity contribution in [3.05, 3.63) is 23.8 Å². The van der Waals surface area contributed by atoms with E-state index in [0.717, 1.165) is 30.9 Å². The normalized spacial score (nSPS) is 13.6. The summed E-state index contributed by atoms with van der Waals surface area (Å²) in [5.74, 6) is 0.821. The van der Waals surface area contributed by atoms with Crippen molar-refractivity contribution in [2.24, 2.45) is 0 Å². The molecule has 1 unspecified atom stereocenters. The summed E-state index contributed by atoms with van der Waals surface area (Å²) in [6.45, 7) is 9.19. The summed E-state index contributed by atoms with van der Waals surface area (Å²) in [6, 6.07) is 2.26. The van der Waals surface area contributed by atoms with Gasteiger partial charge in [0.25, 0.3) is 0 Å². The highest BCUT2D eigenvalue weighted by Crippen LogP contribution is 2.23. The monoisotopic (exact) mass is 251 g/mol. The van der Waals surface area contributed by atoms with Crippen LogP contribution in [0.5, 0.6) is 0 Å². The van der Waals surface area contributed by atoms with Crippen molar-refractivity contribution in [3.8, 4) is 0 Å². The average Bonchev–Trinajstić information content (AvgIpc) is 2.34. The second-order valence-corrected chi connectivity index (χ2v) is 5.14. The zero-order valence-corrected chi connectivity index (χ0v) is 12.2. The third-order valence-corrected chi connectivity index (χ3v) is 3.19. The van der Waals surface area contributed by atoms with Crippen LogP contribution in [-0.4, -0.2) is 29.2 Å². The Bertz CT molecular complexity index is 366. The second-order valence-electron chi connectivity index (χ2n) is 5.14. The Morgan fingerprint density at radius 1 is 1.44 bits per heavy atom. The predicted octanol–water partition coefficient (Wildman–Crippen LogP) is 2.64. The van der Waals surface area contributed by atoms with E-state index in [1.54, 1.807) is 7.11 Å². The molecule has 18 heavy (non-hydrogen) atoms. The number of rotatable bonds is 7. The van der Waals surface area contributed by atoms with Crippen molar-refractivity contribution >= 4 is 0 Å². The Labute approximate surface area is 110 Å². The molecule has 1 N–H and O–H groups in total. The SMILES string of the molecule is CCNC(CCC(C)(C)OC)c1ccnc(C)n1. The Morgan fingerprint density at radius 3 is 2.72 bits per heavy atom. The molecule has 1 heterocycles. The second kappa shape index (κ2) is 6.81. The lowest BCUT2D eigenvalue weighted by Crippen LogP contribution is -2.28. The third kappa shape index (κ3) is 4.70. The van der Waals surface area contributed by atoms with Gasteiger partial charge in [-0.05, 0) is 46.2 Å². The van der Waals surface area contributed by atoms with Gasteiger partial charge in [-0.1, -0.05) is 6.92 Å². The molecule has 0 spiro atoms. The van der Waals surface area contributed by atoms with Crippen LogP contribution in [0.2, 0.25) is 0 Å². The topological polar surface area (TPSA) is 47.0 Å². The van der Waals surface area contributed by atoms with Crippen molar-refractivity contribution in [2.45, 2.75) is 52.2 Å². The summed E-state index contributed by atoms with van der Waals surface area (Å²) in [5.41, 5.74) is 0.978. The van der Waals surface area contributed by atoms with Gasteiger partial charge in [0.2, 0.25) is 0 Å². The number of nitrogens with zero attached hydrogens (tertiary/aromatic N) is 2. The first kappa shape index (κ1) is 15.1. The molecule has 0 aliphatic rings. The number of aryl methyl sites for hydroxylation is 1. The van der Waals surface area contributed by atoms with Crippen LogP contribution in [0.1, 0.15) is 51.2 Å². The van der Waals surface area contributed by atoms with Gasteiger partial charge in [-0.2, -0.15) is 0 Å². The maximum absolute atomic E-state index is 5.47. The van der Waals surface area contributed by atoms with E-state index >= 15 is 0 Å². The van der Waals surface area contributed by atoms with Gasteiger partial charge in [0.05, 0.1) is 11.3 Å². The summed E-state index contributed by atoms with van der Waals surface area (Å²) >= 11 is 0. The first-order chi connectivity index (χ1) is 8.48. The highest BCUT2D eigenvalue weighted by Gasteiger charge is 2.20. The van der Waals surface area contributed by atoms with Crippen molar-refractivity contribution in [1.82, 2.24) is 15.3 Å². The number of ether oxygens (including phenoxy) is 1. The van der Waals surface area contributed by atoms with Crippen molar-refractivity contribution in [1.29, 1.82) is 0 Å². The zero-order chi connectivity index (χ0) is 13.6. The maximum Gasteiger partial charge on any atom is 0.125 e. The average molecular weight is 251 g/mol. The lowest BCUT2D eigenvalue weighted by Gasteiger charge is -2.26. The van der Waals surface area contributed by atoms with Crippen LogP contribution in [-0.2, 0) is 4.74 Å². The minimum atomic E-state index is -0.0876. The Morgan fingerprint density at radius 2 is 2.17 bits per heavy atom. The Hall–Kier alpha value is -1.00. The molecule has 0 aliphatic carbocycles. The molecule has 4 heteroatoms. The van der Waals surface area contributed by atoms with Crippen molar-refractivity contribution in [2.75, 3.05) is 13.7 Å². The van der Waals surface area contributed by atoms with Gasteiger partial charge in [-0.25, -0.2) is 9.97 Å². The van der Waals surface area contributed by atoms with Gasteiger partial charge < -0.3 is 10.1 Å². The van der Waals surface area contributed by atoms with Gasteiger partial charge in [0, 0.05) is 19.3 Å². The van der Waals surface area contributed by atoms with Gasteiger partial charge in [-0.15, -0.1) is 0 Å². The highest BCUT2D eigenvalue weighted by molar-refractivity contribution is 5.07. The van der Waals surface area contributed by atoms with Crippen LogP contribution < -0.4 is 5.32 Å². The number of methoxy groups -OCH3 is 1. The van der Waals surface area contributed by atoms with Crippen LogP contribution >= 0.6 is 0 Å². The van der Waals surface area contributed by atoms with E-state index < -0.39 is 0 Å². The van der Waals surface area contributed by atoms with Gasteiger partial charge in [0.15, 0.2) is 0 Å². The molecule has 1 atom stereocenters. The number of aromatic nitrogens is 2. The molecule has 4 nitrogen and oxygen atoms in total. The largest absolute Gasteiger partial charge is 0.379 e.